The van der Waals surface area contributed by atoms with Crippen LogP contribution in [0.3, 0.4) is 0 Å². The molecular weight excluding hydrogens is 238 g/mol. The summed E-state index contributed by atoms with van der Waals surface area (Å²) in [6.07, 6.45) is 1.87. The second kappa shape index (κ2) is 5.97. The van der Waals surface area contributed by atoms with Gasteiger partial charge >= 0.3 is 12.0 Å². The highest BCUT2D eigenvalue weighted by Crippen LogP contribution is 2.07. The van der Waals surface area contributed by atoms with Crippen molar-refractivity contribution in [2.45, 2.75) is 26.0 Å². The summed E-state index contributed by atoms with van der Waals surface area (Å²) in [4.78, 5) is 26.2. The van der Waals surface area contributed by atoms with E-state index in [9.17, 15) is 14.7 Å². The summed E-state index contributed by atoms with van der Waals surface area (Å²) in [6, 6.07) is -0.386. The highest BCUT2D eigenvalue weighted by molar-refractivity contribution is 5.92. The van der Waals surface area contributed by atoms with Crippen molar-refractivity contribution in [2.75, 3.05) is 5.32 Å². The smallest absolute Gasteiger partial charge is 0.328 e. The van der Waals surface area contributed by atoms with E-state index in [4.69, 9.17) is 5.11 Å². The fourth-order valence-electron chi connectivity index (χ4n) is 1.32. The normalized spacial score (nSPS) is 13.5. The monoisotopic (exact) mass is 253 g/mol. The number of aliphatic carboxylic acids is 1. The maximum Gasteiger partial charge on any atom is 0.328 e. The Morgan fingerprint density at radius 2 is 2.06 bits per heavy atom. The molecule has 0 aliphatic rings. The lowest BCUT2D eigenvalue weighted by molar-refractivity contribution is -0.141. The number of carboxylic acid groups (broad SMARTS) is 1. The number of aromatic nitrogens is 1. The molecular formula is C11H15N3O4. The standard InChI is InChI=1S/C11H15N3O4/c1-6-3-8(5-12-4-6)13-11(18)14-9(7(2)15)10(16)17/h3-5,7,9,15H,1-2H3,(H,16,17)(H2,13,14,18). The van der Waals surface area contributed by atoms with Gasteiger partial charge in [0.25, 0.3) is 0 Å². The summed E-state index contributed by atoms with van der Waals surface area (Å²) in [5, 5.41) is 22.6. The van der Waals surface area contributed by atoms with Crippen LogP contribution in [0.15, 0.2) is 18.5 Å². The van der Waals surface area contributed by atoms with Crippen LogP contribution < -0.4 is 10.6 Å². The average Bonchev–Trinajstić information content (AvgIpc) is 2.25. The number of aliphatic hydroxyl groups is 1. The lowest BCUT2D eigenvalue weighted by atomic mass is 10.2. The Hall–Kier alpha value is -2.15. The van der Waals surface area contributed by atoms with Gasteiger partial charge < -0.3 is 20.8 Å². The first-order valence-corrected chi connectivity index (χ1v) is 5.30. The van der Waals surface area contributed by atoms with Gasteiger partial charge in [-0.1, -0.05) is 0 Å². The van der Waals surface area contributed by atoms with E-state index in [-0.39, 0.29) is 0 Å². The van der Waals surface area contributed by atoms with Crippen LogP contribution in [0.5, 0.6) is 0 Å². The van der Waals surface area contributed by atoms with E-state index in [1.807, 2.05) is 6.92 Å². The third-order valence-electron chi connectivity index (χ3n) is 2.17. The summed E-state index contributed by atoms with van der Waals surface area (Å²) in [6.45, 7) is 3.10. The van der Waals surface area contributed by atoms with Crippen molar-refractivity contribution in [1.29, 1.82) is 0 Å². The van der Waals surface area contributed by atoms with Crippen LogP contribution in [-0.2, 0) is 4.79 Å². The van der Waals surface area contributed by atoms with Crippen molar-refractivity contribution in [1.82, 2.24) is 10.3 Å². The van der Waals surface area contributed by atoms with E-state index in [0.717, 1.165) is 5.56 Å². The van der Waals surface area contributed by atoms with Crippen LogP contribution in [0.1, 0.15) is 12.5 Å². The molecule has 2 amide bonds. The number of aryl methyl sites for hydroxylation is 1. The zero-order valence-corrected chi connectivity index (χ0v) is 10.0. The van der Waals surface area contributed by atoms with Gasteiger partial charge in [-0.3, -0.25) is 4.98 Å². The lowest BCUT2D eigenvalue weighted by Crippen LogP contribution is -2.49. The number of anilines is 1. The van der Waals surface area contributed by atoms with Gasteiger partial charge in [-0.2, -0.15) is 0 Å². The molecule has 7 heteroatoms. The molecule has 4 N–H and O–H groups in total. The number of pyridine rings is 1. The van der Waals surface area contributed by atoms with E-state index in [1.165, 1.54) is 13.1 Å². The fraction of sp³-hybridized carbons (Fsp3) is 0.364. The number of carboxylic acids is 1. The molecule has 1 heterocycles. The largest absolute Gasteiger partial charge is 0.480 e. The molecule has 0 aliphatic carbocycles. The van der Waals surface area contributed by atoms with E-state index in [0.29, 0.717) is 5.69 Å². The van der Waals surface area contributed by atoms with Gasteiger partial charge in [0.1, 0.15) is 0 Å². The van der Waals surface area contributed by atoms with Crippen molar-refractivity contribution >= 4 is 17.7 Å². The molecule has 1 aromatic heterocycles. The quantitative estimate of drug-likeness (QED) is 0.618. The topological polar surface area (TPSA) is 112 Å². The zero-order valence-electron chi connectivity index (χ0n) is 10.0. The fourth-order valence-corrected chi connectivity index (χ4v) is 1.32. The number of nitrogens with one attached hydrogen (secondary N) is 2. The summed E-state index contributed by atoms with van der Waals surface area (Å²) >= 11 is 0. The van der Waals surface area contributed by atoms with Crippen molar-refractivity contribution in [3.05, 3.63) is 24.0 Å². The molecule has 0 saturated heterocycles. The Balaban J connectivity index is 2.63. The van der Waals surface area contributed by atoms with E-state index in [2.05, 4.69) is 15.6 Å². The number of nitrogens with zero attached hydrogens (tertiary/aromatic N) is 1. The zero-order chi connectivity index (χ0) is 13.7. The molecule has 98 valence electrons. The van der Waals surface area contributed by atoms with Gasteiger partial charge in [-0.05, 0) is 25.5 Å². The predicted octanol–water partition coefficient (Wildman–Crippen LogP) is 0.346. The average molecular weight is 253 g/mol. The third-order valence-corrected chi connectivity index (χ3v) is 2.17. The minimum Gasteiger partial charge on any atom is -0.480 e. The first kappa shape index (κ1) is 13.9. The Labute approximate surface area is 104 Å². The first-order chi connectivity index (χ1) is 8.40. The molecule has 0 bridgehead atoms. The van der Waals surface area contributed by atoms with Gasteiger partial charge in [-0.25, -0.2) is 9.59 Å². The molecule has 7 nitrogen and oxygen atoms in total. The predicted molar refractivity (Wildman–Crippen MR) is 64.2 cm³/mol. The van der Waals surface area contributed by atoms with Gasteiger partial charge in [0.2, 0.25) is 0 Å². The van der Waals surface area contributed by atoms with Crippen molar-refractivity contribution in [3.63, 3.8) is 0 Å². The highest BCUT2D eigenvalue weighted by Gasteiger charge is 2.24. The molecule has 2 atom stereocenters. The second-order valence-electron chi connectivity index (χ2n) is 3.91. The Kier molecular flexibility index (Phi) is 4.61. The number of hydrogen-bond donors (Lipinski definition) is 4. The molecule has 0 saturated carbocycles. The molecule has 0 fully saturated rings. The number of carbonyl (C=O) groups excluding carboxylic acids is 1. The molecule has 1 rings (SSSR count). The van der Waals surface area contributed by atoms with Crippen molar-refractivity contribution in [3.8, 4) is 0 Å². The Bertz CT molecular complexity index is 448. The van der Waals surface area contributed by atoms with Crippen LogP contribution in [0.2, 0.25) is 0 Å². The van der Waals surface area contributed by atoms with Gasteiger partial charge in [0, 0.05) is 6.20 Å². The van der Waals surface area contributed by atoms with Crippen LogP contribution >= 0.6 is 0 Å². The van der Waals surface area contributed by atoms with Crippen molar-refractivity contribution < 1.29 is 19.8 Å². The SMILES string of the molecule is Cc1cncc(NC(=O)NC(C(=O)O)C(C)O)c1. The number of carbonyl (C=O) groups is 2. The number of urea groups is 1. The number of aliphatic hydroxyl groups excluding tert-OH is 1. The number of amides is 2. The lowest BCUT2D eigenvalue weighted by Gasteiger charge is -2.17. The summed E-state index contributed by atoms with van der Waals surface area (Å²) in [7, 11) is 0. The van der Waals surface area contributed by atoms with E-state index >= 15 is 0 Å². The second-order valence-corrected chi connectivity index (χ2v) is 3.91. The van der Waals surface area contributed by atoms with Crippen LogP contribution in [0.25, 0.3) is 0 Å². The van der Waals surface area contributed by atoms with Gasteiger partial charge in [-0.15, -0.1) is 0 Å². The molecule has 0 radical (unpaired) electrons. The minimum atomic E-state index is -1.36. The highest BCUT2D eigenvalue weighted by atomic mass is 16.4. The van der Waals surface area contributed by atoms with Crippen LogP contribution in [0.4, 0.5) is 10.5 Å². The Morgan fingerprint density at radius 3 is 2.56 bits per heavy atom. The van der Waals surface area contributed by atoms with Gasteiger partial charge in [0.05, 0.1) is 18.0 Å². The summed E-state index contributed by atoms with van der Waals surface area (Å²) < 4.78 is 0. The molecule has 0 aliphatic heterocycles. The summed E-state index contributed by atoms with van der Waals surface area (Å²) in [5.74, 6) is -1.30. The maximum absolute atomic E-state index is 11.5. The number of hydrogen-bond acceptors (Lipinski definition) is 4. The number of rotatable bonds is 4. The first-order valence-electron chi connectivity index (χ1n) is 5.30. The van der Waals surface area contributed by atoms with Crippen molar-refractivity contribution in [2.24, 2.45) is 0 Å². The van der Waals surface area contributed by atoms with Crippen LogP contribution in [-0.4, -0.2) is 39.3 Å². The molecule has 2 unspecified atom stereocenters. The molecule has 1 aromatic rings. The minimum absolute atomic E-state index is 0.447. The van der Waals surface area contributed by atoms with E-state index < -0.39 is 24.1 Å². The molecule has 18 heavy (non-hydrogen) atoms. The molecule has 0 spiro atoms. The van der Waals surface area contributed by atoms with E-state index in [1.54, 1.807) is 12.3 Å². The Morgan fingerprint density at radius 1 is 1.39 bits per heavy atom. The van der Waals surface area contributed by atoms with Gasteiger partial charge in [0.15, 0.2) is 6.04 Å². The third kappa shape index (κ3) is 4.02. The maximum atomic E-state index is 11.5. The molecule has 0 aromatic carbocycles. The van der Waals surface area contributed by atoms with Crippen LogP contribution in [0, 0.1) is 6.92 Å². The summed E-state index contributed by atoms with van der Waals surface area (Å²) in [5.41, 5.74) is 1.31.